The number of hydrogen-bond acceptors (Lipinski definition) is 2. The summed E-state index contributed by atoms with van der Waals surface area (Å²) in [4.78, 5) is 5.43. The molecule has 2 nitrogen and oxygen atoms in total. The smallest absolute Gasteiger partial charge is 0.0221 e. The van der Waals surface area contributed by atoms with Crippen LogP contribution in [0.5, 0.6) is 0 Å². The predicted octanol–water partition coefficient (Wildman–Crippen LogP) is 2.35. The Bertz CT molecular complexity index is 187. The van der Waals surface area contributed by atoms with Gasteiger partial charge in [0.2, 0.25) is 0 Å². The summed E-state index contributed by atoms with van der Waals surface area (Å²) in [7, 11) is 0. The van der Waals surface area contributed by atoms with Gasteiger partial charge < -0.3 is 0 Å². The van der Waals surface area contributed by atoms with Crippen LogP contribution in [0.15, 0.2) is 0 Å². The van der Waals surface area contributed by atoms with Crippen LogP contribution >= 0.6 is 0 Å². The number of rotatable bonds is 3. The van der Waals surface area contributed by atoms with Crippen LogP contribution in [0.2, 0.25) is 0 Å². The van der Waals surface area contributed by atoms with E-state index in [4.69, 9.17) is 0 Å². The number of hydrogen-bond donors (Lipinski definition) is 0. The molecule has 0 aromatic carbocycles. The van der Waals surface area contributed by atoms with Crippen LogP contribution in [0.1, 0.15) is 46.0 Å². The standard InChI is InChI=1S/C13H26N2/c1-3-12-11-15(10-9-14(12)4-2)13-7-5-6-8-13/h12-13H,3-11H2,1-2H3. The Kier molecular flexibility index (Phi) is 4.04. The van der Waals surface area contributed by atoms with Crippen LogP contribution in [0.4, 0.5) is 0 Å². The molecule has 2 fully saturated rings. The zero-order chi connectivity index (χ0) is 10.7. The summed E-state index contributed by atoms with van der Waals surface area (Å²) in [5.41, 5.74) is 0. The highest BCUT2D eigenvalue weighted by Gasteiger charge is 2.30. The van der Waals surface area contributed by atoms with Gasteiger partial charge in [0.05, 0.1) is 0 Å². The van der Waals surface area contributed by atoms with Crippen LogP contribution < -0.4 is 0 Å². The molecule has 0 bridgehead atoms. The van der Waals surface area contributed by atoms with Crippen LogP contribution in [0.25, 0.3) is 0 Å². The van der Waals surface area contributed by atoms with E-state index in [0.29, 0.717) is 0 Å². The predicted molar refractivity (Wildman–Crippen MR) is 65.2 cm³/mol. The average Bonchev–Trinajstić information content (AvgIpc) is 2.81. The quantitative estimate of drug-likeness (QED) is 0.705. The summed E-state index contributed by atoms with van der Waals surface area (Å²) in [5.74, 6) is 0. The van der Waals surface area contributed by atoms with Crippen molar-refractivity contribution in [1.29, 1.82) is 0 Å². The first-order chi connectivity index (χ1) is 7.35. The lowest BCUT2D eigenvalue weighted by molar-refractivity contribution is 0.0508. The Hall–Kier alpha value is -0.0800. The first kappa shape index (κ1) is 11.4. The third kappa shape index (κ3) is 2.54. The molecule has 1 aliphatic heterocycles. The fourth-order valence-corrected chi connectivity index (χ4v) is 3.32. The lowest BCUT2D eigenvalue weighted by Gasteiger charge is -2.43. The minimum absolute atomic E-state index is 0.823. The summed E-state index contributed by atoms with van der Waals surface area (Å²) in [5, 5.41) is 0. The van der Waals surface area contributed by atoms with E-state index in [0.717, 1.165) is 12.1 Å². The van der Waals surface area contributed by atoms with Gasteiger partial charge in [0, 0.05) is 31.7 Å². The van der Waals surface area contributed by atoms with Crippen molar-refractivity contribution in [2.45, 2.75) is 58.0 Å². The molecule has 0 amide bonds. The van der Waals surface area contributed by atoms with Gasteiger partial charge in [-0.3, -0.25) is 9.80 Å². The first-order valence-corrected chi connectivity index (χ1v) is 6.83. The highest BCUT2D eigenvalue weighted by molar-refractivity contribution is 4.86. The Morgan fingerprint density at radius 1 is 1.07 bits per heavy atom. The van der Waals surface area contributed by atoms with E-state index in [9.17, 15) is 0 Å². The van der Waals surface area contributed by atoms with Crippen molar-refractivity contribution in [1.82, 2.24) is 9.80 Å². The molecule has 1 atom stereocenters. The minimum Gasteiger partial charge on any atom is -0.298 e. The van der Waals surface area contributed by atoms with Crippen molar-refractivity contribution in [3.63, 3.8) is 0 Å². The molecular formula is C13H26N2. The summed E-state index contributed by atoms with van der Waals surface area (Å²) in [6.07, 6.45) is 7.17. The van der Waals surface area contributed by atoms with E-state index >= 15 is 0 Å². The molecule has 1 aliphatic carbocycles. The first-order valence-electron chi connectivity index (χ1n) is 6.83. The third-order valence-electron chi connectivity index (χ3n) is 4.35. The molecule has 1 saturated heterocycles. The highest BCUT2D eigenvalue weighted by atomic mass is 15.3. The van der Waals surface area contributed by atoms with E-state index in [-0.39, 0.29) is 0 Å². The van der Waals surface area contributed by atoms with Crippen LogP contribution in [0.3, 0.4) is 0 Å². The molecule has 0 spiro atoms. The van der Waals surface area contributed by atoms with Crippen molar-refractivity contribution in [3.8, 4) is 0 Å². The van der Waals surface area contributed by atoms with Gasteiger partial charge >= 0.3 is 0 Å². The van der Waals surface area contributed by atoms with Crippen LogP contribution in [-0.2, 0) is 0 Å². The average molecular weight is 210 g/mol. The molecule has 15 heavy (non-hydrogen) atoms. The highest BCUT2D eigenvalue weighted by Crippen LogP contribution is 2.26. The molecule has 2 rings (SSSR count). The lowest BCUT2D eigenvalue weighted by Crippen LogP contribution is -2.55. The maximum atomic E-state index is 2.77. The fraction of sp³-hybridized carbons (Fsp3) is 1.00. The summed E-state index contributed by atoms with van der Waals surface area (Å²) >= 11 is 0. The Balaban J connectivity index is 1.88. The normalized spacial score (nSPS) is 31.2. The number of nitrogens with zero attached hydrogens (tertiary/aromatic N) is 2. The van der Waals surface area contributed by atoms with Crippen molar-refractivity contribution >= 4 is 0 Å². The van der Waals surface area contributed by atoms with Gasteiger partial charge in [0.25, 0.3) is 0 Å². The molecule has 1 heterocycles. The van der Waals surface area contributed by atoms with Crippen LogP contribution in [-0.4, -0.2) is 48.1 Å². The Morgan fingerprint density at radius 2 is 1.80 bits per heavy atom. The molecule has 0 radical (unpaired) electrons. The molecule has 0 N–H and O–H groups in total. The summed E-state index contributed by atoms with van der Waals surface area (Å²) in [6.45, 7) is 9.81. The van der Waals surface area contributed by atoms with Crippen LogP contribution in [0, 0.1) is 0 Å². The van der Waals surface area contributed by atoms with Crippen molar-refractivity contribution in [3.05, 3.63) is 0 Å². The third-order valence-corrected chi connectivity index (χ3v) is 4.35. The summed E-state index contributed by atoms with van der Waals surface area (Å²) in [6, 6.07) is 1.75. The number of piperazine rings is 1. The SMILES string of the molecule is CCC1CN(C2CCCC2)CCN1CC. The molecule has 2 aliphatic rings. The molecule has 2 heteroatoms. The van der Waals surface area contributed by atoms with Crippen molar-refractivity contribution in [2.24, 2.45) is 0 Å². The van der Waals surface area contributed by atoms with Crippen molar-refractivity contribution in [2.75, 3.05) is 26.2 Å². The van der Waals surface area contributed by atoms with Gasteiger partial charge in [0.1, 0.15) is 0 Å². The van der Waals surface area contributed by atoms with Crippen molar-refractivity contribution < 1.29 is 0 Å². The van der Waals surface area contributed by atoms with Gasteiger partial charge in [-0.05, 0) is 25.8 Å². The van der Waals surface area contributed by atoms with E-state index in [1.807, 2.05) is 0 Å². The van der Waals surface area contributed by atoms with E-state index < -0.39 is 0 Å². The van der Waals surface area contributed by atoms with Gasteiger partial charge in [0.15, 0.2) is 0 Å². The molecular weight excluding hydrogens is 184 g/mol. The summed E-state index contributed by atoms with van der Waals surface area (Å²) < 4.78 is 0. The van der Waals surface area contributed by atoms with E-state index in [1.54, 1.807) is 0 Å². The van der Waals surface area contributed by atoms with Gasteiger partial charge in [-0.15, -0.1) is 0 Å². The van der Waals surface area contributed by atoms with E-state index in [1.165, 1.54) is 58.3 Å². The molecule has 0 aromatic heterocycles. The van der Waals surface area contributed by atoms with E-state index in [2.05, 4.69) is 23.6 Å². The largest absolute Gasteiger partial charge is 0.298 e. The van der Waals surface area contributed by atoms with Gasteiger partial charge in [-0.1, -0.05) is 26.7 Å². The monoisotopic (exact) mass is 210 g/mol. The fourth-order valence-electron chi connectivity index (χ4n) is 3.32. The Labute approximate surface area is 94.6 Å². The zero-order valence-electron chi connectivity index (χ0n) is 10.4. The molecule has 1 saturated carbocycles. The maximum Gasteiger partial charge on any atom is 0.0221 e. The molecule has 88 valence electrons. The number of likely N-dealkylation sites (N-methyl/N-ethyl adjacent to an activating group) is 1. The second kappa shape index (κ2) is 5.31. The minimum atomic E-state index is 0.823. The zero-order valence-corrected chi connectivity index (χ0v) is 10.4. The second-order valence-corrected chi connectivity index (χ2v) is 5.12. The molecule has 1 unspecified atom stereocenters. The topological polar surface area (TPSA) is 6.48 Å². The molecule has 0 aromatic rings. The van der Waals surface area contributed by atoms with Gasteiger partial charge in [-0.2, -0.15) is 0 Å². The van der Waals surface area contributed by atoms with Gasteiger partial charge in [-0.25, -0.2) is 0 Å². The maximum absolute atomic E-state index is 2.77. The Morgan fingerprint density at radius 3 is 2.40 bits per heavy atom. The second-order valence-electron chi connectivity index (χ2n) is 5.12. The lowest BCUT2D eigenvalue weighted by atomic mass is 10.1.